The van der Waals surface area contributed by atoms with Gasteiger partial charge in [0.25, 0.3) is 10.0 Å². The molecular weight excluding hydrogens is 492 g/mol. The second kappa shape index (κ2) is 10.5. The van der Waals surface area contributed by atoms with Gasteiger partial charge in [-0.2, -0.15) is 18.3 Å². The molecule has 0 bridgehead atoms. The first-order valence-corrected chi connectivity index (χ1v) is 11.6. The van der Waals surface area contributed by atoms with Gasteiger partial charge in [-0.1, -0.05) is 43.3 Å². The van der Waals surface area contributed by atoms with Crippen molar-refractivity contribution in [3.63, 3.8) is 0 Å². The number of carbonyl (C=O) groups is 1. The summed E-state index contributed by atoms with van der Waals surface area (Å²) in [6, 6.07) is 18.8. The number of aromatic nitrogens is 2. The minimum absolute atomic E-state index is 0. The van der Waals surface area contributed by atoms with Gasteiger partial charge in [-0.15, -0.1) is 4.83 Å². The summed E-state index contributed by atoms with van der Waals surface area (Å²) in [6.07, 6.45) is -4.58. The van der Waals surface area contributed by atoms with Crippen LogP contribution in [-0.2, 0) is 21.0 Å². The van der Waals surface area contributed by atoms with Crippen molar-refractivity contribution in [3.05, 3.63) is 78.5 Å². The van der Waals surface area contributed by atoms with Gasteiger partial charge in [0.15, 0.2) is 5.69 Å². The topological polar surface area (TPSA) is 93.1 Å². The summed E-state index contributed by atoms with van der Waals surface area (Å²) in [4.78, 5) is 13.1. The van der Waals surface area contributed by atoms with E-state index < -0.39 is 27.8 Å². The molecule has 35 heavy (non-hydrogen) atoms. The van der Waals surface area contributed by atoms with Gasteiger partial charge in [-0.05, 0) is 47.2 Å². The third kappa shape index (κ3) is 5.93. The Balaban J connectivity index is 0.00000228. The molecule has 3 aromatic carbocycles. The van der Waals surface area contributed by atoms with Crippen molar-refractivity contribution in [2.24, 2.45) is 0 Å². The Hall–Kier alpha value is -2.70. The molecule has 0 unspecified atom stereocenters. The predicted molar refractivity (Wildman–Crippen MR) is 121 cm³/mol. The zero-order valence-corrected chi connectivity index (χ0v) is 21.6. The van der Waals surface area contributed by atoms with Crippen LogP contribution in [0, 0.1) is 0 Å². The summed E-state index contributed by atoms with van der Waals surface area (Å²) >= 11 is 0. The van der Waals surface area contributed by atoms with Gasteiger partial charge >= 0.3 is 35.7 Å². The Morgan fingerprint density at radius 2 is 1.66 bits per heavy atom. The minimum atomic E-state index is -4.67. The normalized spacial score (nSPS) is 11.8. The van der Waals surface area contributed by atoms with Gasteiger partial charge < -0.3 is 1.43 Å². The SMILES string of the molecule is CCC(=O)NNS(=O)(=O)c1ccc(-n2nc(C(F)(F)F)cc2-c2ccc3ccccc3c2)cc1.[H-].[Na+]. The summed E-state index contributed by atoms with van der Waals surface area (Å²) in [5, 5.41) is 5.53. The van der Waals surface area contributed by atoms with Gasteiger partial charge in [0.2, 0.25) is 5.91 Å². The van der Waals surface area contributed by atoms with E-state index >= 15 is 0 Å². The smallest absolute Gasteiger partial charge is 1.00 e. The fraction of sp³-hybridized carbons (Fsp3) is 0.130. The Morgan fingerprint density at radius 3 is 2.29 bits per heavy atom. The van der Waals surface area contributed by atoms with Crippen LogP contribution in [0.15, 0.2) is 77.7 Å². The van der Waals surface area contributed by atoms with E-state index in [0.29, 0.717) is 5.56 Å². The molecule has 178 valence electrons. The third-order valence-electron chi connectivity index (χ3n) is 5.08. The molecular formula is C23H20F3N4NaO3S. The summed E-state index contributed by atoms with van der Waals surface area (Å²) in [5.41, 5.74) is 1.93. The Kier molecular flexibility index (Phi) is 8.07. The van der Waals surface area contributed by atoms with E-state index in [2.05, 4.69) is 10.5 Å². The zero-order chi connectivity index (χ0) is 24.5. The molecule has 0 saturated carbocycles. The van der Waals surface area contributed by atoms with Crippen molar-refractivity contribution < 1.29 is 57.4 Å². The van der Waals surface area contributed by atoms with E-state index in [1.165, 1.54) is 24.3 Å². The maximum absolute atomic E-state index is 13.5. The van der Waals surface area contributed by atoms with E-state index in [1.807, 2.05) is 29.1 Å². The van der Waals surface area contributed by atoms with Crippen LogP contribution in [0.1, 0.15) is 20.5 Å². The molecule has 0 atom stereocenters. The maximum atomic E-state index is 13.5. The van der Waals surface area contributed by atoms with E-state index in [9.17, 15) is 26.4 Å². The molecule has 0 aliphatic heterocycles. The number of sulfonamides is 1. The van der Waals surface area contributed by atoms with Gasteiger partial charge in [-0.25, -0.2) is 13.1 Å². The molecule has 4 aromatic rings. The van der Waals surface area contributed by atoms with Crippen LogP contribution in [0.5, 0.6) is 0 Å². The van der Waals surface area contributed by atoms with E-state index in [0.717, 1.165) is 21.5 Å². The van der Waals surface area contributed by atoms with E-state index in [-0.39, 0.29) is 53.7 Å². The summed E-state index contributed by atoms with van der Waals surface area (Å²) in [5.74, 6) is -0.517. The van der Waals surface area contributed by atoms with E-state index in [1.54, 1.807) is 25.1 Å². The second-order valence-electron chi connectivity index (χ2n) is 7.39. The first kappa shape index (κ1) is 26.9. The average molecular weight is 512 g/mol. The number of rotatable bonds is 6. The number of nitrogens with one attached hydrogen (secondary N) is 2. The van der Waals surface area contributed by atoms with Crippen LogP contribution in [0.3, 0.4) is 0 Å². The number of amides is 1. The number of benzene rings is 3. The largest absolute Gasteiger partial charge is 1.00 e. The van der Waals surface area contributed by atoms with Crippen LogP contribution < -0.4 is 39.8 Å². The standard InChI is InChI=1S/C23H19F3N4O3S.Na.H/c1-2-22(31)27-29-34(32,33)19-11-9-18(10-12-19)30-20(14-21(28-30)23(24,25)26)17-8-7-15-5-3-4-6-16(15)13-17;;/h3-14,29H,2H2,1H3,(H,27,31);;/q;+1;-1. The molecule has 1 aromatic heterocycles. The van der Waals surface area contributed by atoms with Gasteiger partial charge in [0, 0.05) is 12.0 Å². The van der Waals surface area contributed by atoms with Crippen molar-refractivity contribution in [2.75, 3.05) is 0 Å². The van der Waals surface area contributed by atoms with Crippen LogP contribution in [0.4, 0.5) is 13.2 Å². The number of hydrogen-bond acceptors (Lipinski definition) is 4. The molecule has 1 amide bonds. The Bertz CT molecular complexity index is 1480. The second-order valence-corrected chi connectivity index (χ2v) is 9.07. The first-order valence-electron chi connectivity index (χ1n) is 10.2. The number of halogens is 3. The van der Waals surface area contributed by atoms with Crippen LogP contribution in [-0.4, -0.2) is 24.1 Å². The molecule has 0 aliphatic rings. The average Bonchev–Trinajstić information content (AvgIpc) is 3.28. The Labute approximate surface area is 223 Å². The number of nitrogens with zero attached hydrogens (tertiary/aromatic N) is 2. The Morgan fingerprint density at radius 1 is 1.00 bits per heavy atom. The third-order valence-corrected chi connectivity index (χ3v) is 6.35. The number of hydrogen-bond donors (Lipinski definition) is 2. The summed E-state index contributed by atoms with van der Waals surface area (Å²) < 4.78 is 66.2. The zero-order valence-electron chi connectivity index (χ0n) is 19.8. The molecule has 2 N–H and O–H groups in total. The molecule has 0 saturated heterocycles. The summed E-state index contributed by atoms with van der Waals surface area (Å²) in [6.45, 7) is 1.56. The minimum Gasteiger partial charge on any atom is -1.00 e. The molecule has 4 rings (SSSR count). The fourth-order valence-corrected chi connectivity index (χ4v) is 4.17. The number of carbonyl (C=O) groups excluding carboxylic acids is 1. The van der Waals surface area contributed by atoms with Crippen molar-refractivity contribution in [2.45, 2.75) is 24.4 Å². The molecule has 1 heterocycles. The molecule has 0 radical (unpaired) electrons. The van der Waals surface area contributed by atoms with Crippen LogP contribution in [0.2, 0.25) is 0 Å². The van der Waals surface area contributed by atoms with Crippen molar-refractivity contribution in [3.8, 4) is 16.9 Å². The molecule has 0 aliphatic carbocycles. The molecule has 7 nitrogen and oxygen atoms in total. The molecule has 0 fully saturated rings. The fourth-order valence-electron chi connectivity index (χ4n) is 3.31. The monoisotopic (exact) mass is 512 g/mol. The van der Waals surface area contributed by atoms with Crippen molar-refractivity contribution in [1.29, 1.82) is 0 Å². The van der Waals surface area contributed by atoms with E-state index in [4.69, 9.17) is 0 Å². The van der Waals surface area contributed by atoms with Crippen LogP contribution in [0.25, 0.3) is 27.7 Å². The number of fused-ring (bicyclic) bond motifs is 1. The maximum Gasteiger partial charge on any atom is 1.00 e. The molecule has 12 heteroatoms. The van der Waals surface area contributed by atoms with Gasteiger partial charge in [0.05, 0.1) is 16.3 Å². The van der Waals surface area contributed by atoms with Gasteiger partial charge in [-0.3, -0.25) is 10.2 Å². The summed E-state index contributed by atoms with van der Waals surface area (Å²) in [7, 11) is -4.06. The predicted octanol–water partition coefficient (Wildman–Crippen LogP) is 1.55. The molecule has 0 spiro atoms. The van der Waals surface area contributed by atoms with Crippen molar-refractivity contribution in [1.82, 2.24) is 20.0 Å². The number of alkyl halides is 3. The van der Waals surface area contributed by atoms with Crippen molar-refractivity contribution >= 4 is 26.7 Å². The quantitative estimate of drug-likeness (QED) is 0.303. The number of hydrazine groups is 1. The van der Waals surface area contributed by atoms with Crippen LogP contribution >= 0.6 is 0 Å². The first-order chi connectivity index (χ1) is 16.1. The van der Waals surface area contributed by atoms with Gasteiger partial charge in [0.1, 0.15) is 0 Å².